The first-order valence-electron chi connectivity index (χ1n) is 22.2. The van der Waals surface area contributed by atoms with Gasteiger partial charge in [-0.25, -0.2) is 0 Å². The fourth-order valence-corrected chi connectivity index (χ4v) is 6.63. The molecule has 0 fully saturated rings. The molecule has 4 aromatic rings. The molecule has 0 aromatic heterocycles. The maximum absolute atomic E-state index is 14.1. The maximum Gasteiger partial charge on any atom is 0.305 e. The molecule has 10 N–H and O–H groups in total. The van der Waals surface area contributed by atoms with Crippen LogP contribution in [-0.2, 0) is 62.3 Å². The van der Waals surface area contributed by atoms with E-state index in [0.29, 0.717) is 22.6 Å². The summed E-state index contributed by atoms with van der Waals surface area (Å²) in [7, 11) is 0. The smallest absolute Gasteiger partial charge is 0.305 e. The van der Waals surface area contributed by atoms with Gasteiger partial charge in [0.1, 0.15) is 54.6 Å². The summed E-state index contributed by atoms with van der Waals surface area (Å²) in [5.74, 6) is -4.09. The first kappa shape index (κ1) is 54.6. The zero-order chi connectivity index (χ0) is 50.7. The van der Waals surface area contributed by atoms with E-state index in [1.807, 2.05) is 6.07 Å². The van der Waals surface area contributed by atoms with E-state index < -0.39 is 84.5 Å². The topological polar surface area (TPSA) is 303 Å². The molecular formula is C50H58N6O14. The van der Waals surface area contributed by atoms with Crippen LogP contribution in [0.15, 0.2) is 109 Å². The Morgan fingerprint density at radius 2 is 0.943 bits per heavy atom. The van der Waals surface area contributed by atoms with Crippen LogP contribution in [0.25, 0.3) is 0 Å². The first-order valence-corrected chi connectivity index (χ1v) is 22.2. The van der Waals surface area contributed by atoms with Gasteiger partial charge in [0.05, 0.1) is 45.3 Å². The molecule has 372 valence electrons. The van der Waals surface area contributed by atoms with E-state index in [1.54, 1.807) is 91.0 Å². The summed E-state index contributed by atoms with van der Waals surface area (Å²) in [5, 5.41) is 41.5. The minimum Gasteiger partial charge on any atom is -0.508 e. The van der Waals surface area contributed by atoms with Crippen molar-refractivity contribution in [3.63, 3.8) is 0 Å². The number of amides is 5. The van der Waals surface area contributed by atoms with E-state index in [0.717, 1.165) is 5.56 Å². The van der Waals surface area contributed by atoms with Crippen molar-refractivity contribution in [2.24, 2.45) is 5.73 Å². The van der Waals surface area contributed by atoms with Crippen LogP contribution in [0.1, 0.15) is 29.5 Å². The van der Waals surface area contributed by atoms with Crippen molar-refractivity contribution in [2.75, 3.05) is 46.2 Å². The van der Waals surface area contributed by atoms with Gasteiger partial charge in [-0.2, -0.15) is 0 Å². The summed E-state index contributed by atoms with van der Waals surface area (Å²) in [5.41, 5.74) is 8.10. The molecule has 0 unspecified atom stereocenters. The Labute approximate surface area is 404 Å². The standard InChI is InChI=1S/C50H58N6O14/c1-2-22-69-37-17-19-38(20-18-37)70-27-26-68-25-24-67-23-21-52-47(63)42(31-44(58)59)55-50(66)43(32-45(60)61)56-49(65)41(29-34-11-7-4-8-12-34)54-48(64)40(30-35-13-15-36(57)16-14-35)53-46(62)39(51)28-33-9-5-3-6-10-33/h1,3-20,39-43,57H,21-32,51H2,(H,52,63)(H,53,62)(H,54,64)(H,55,66)(H,56,65)(H,58,59)(H,60,61)/t39-,40-,41-,42-,43-/m0/s1. The van der Waals surface area contributed by atoms with Gasteiger partial charge in [-0.05, 0) is 59.5 Å². The van der Waals surface area contributed by atoms with E-state index in [2.05, 4.69) is 32.5 Å². The lowest BCUT2D eigenvalue weighted by molar-refractivity contribution is -0.143. The Morgan fingerprint density at radius 1 is 0.514 bits per heavy atom. The second-order valence-corrected chi connectivity index (χ2v) is 15.6. The van der Waals surface area contributed by atoms with Gasteiger partial charge in [-0.3, -0.25) is 33.6 Å². The van der Waals surface area contributed by atoms with Crippen LogP contribution in [0.4, 0.5) is 0 Å². The summed E-state index contributed by atoms with van der Waals surface area (Å²) < 4.78 is 21.9. The molecule has 0 aliphatic rings. The number of phenols is 1. The molecule has 5 atom stereocenters. The highest BCUT2D eigenvalue weighted by atomic mass is 16.5. The predicted molar refractivity (Wildman–Crippen MR) is 253 cm³/mol. The second kappa shape index (κ2) is 29.7. The molecule has 20 heteroatoms. The van der Waals surface area contributed by atoms with Crippen molar-refractivity contribution in [2.45, 2.75) is 62.3 Å². The highest BCUT2D eigenvalue weighted by Crippen LogP contribution is 2.18. The van der Waals surface area contributed by atoms with Crippen molar-refractivity contribution in [3.05, 3.63) is 126 Å². The molecule has 0 aliphatic heterocycles. The number of rotatable bonds is 31. The van der Waals surface area contributed by atoms with E-state index in [1.165, 1.54) is 12.1 Å². The Bertz CT molecular complexity index is 2350. The molecule has 0 bridgehead atoms. The van der Waals surface area contributed by atoms with Gasteiger partial charge < -0.3 is 66.6 Å². The van der Waals surface area contributed by atoms with Crippen molar-refractivity contribution in [1.29, 1.82) is 0 Å². The molecule has 0 saturated heterocycles. The summed E-state index contributed by atoms with van der Waals surface area (Å²) in [6.45, 7) is 0.895. The molecule has 0 heterocycles. The normalized spacial score (nSPS) is 12.9. The molecule has 0 aliphatic carbocycles. The van der Waals surface area contributed by atoms with Crippen molar-refractivity contribution < 1.29 is 67.8 Å². The fourth-order valence-electron chi connectivity index (χ4n) is 6.63. The number of nitrogens with one attached hydrogen (secondary N) is 5. The Morgan fingerprint density at radius 3 is 1.47 bits per heavy atom. The number of terminal acetylenes is 1. The molecule has 5 amide bonds. The van der Waals surface area contributed by atoms with Gasteiger partial charge in [-0.15, -0.1) is 6.42 Å². The number of carboxylic acids is 2. The third-order valence-electron chi connectivity index (χ3n) is 10.1. The Balaban J connectivity index is 1.36. The summed E-state index contributed by atoms with van der Waals surface area (Å²) in [6, 6.07) is 22.7. The summed E-state index contributed by atoms with van der Waals surface area (Å²) >= 11 is 0. The van der Waals surface area contributed by atoms with Crippen LogP contribution in [0.5, 0.6) is 17.2 Å². The molecule has 0 radical (unpaired) electrons. The Hall–Kier alpha value is -7.99. The van der Waals surface area contributed by atoms with Gasteiger partial charge in [-0.1, -0.05) is 78.7 Å². The zero-order valence-electron chi connectivity index (χ0n) is 38.3. The predicted octanol–water partition coefficient (Wildman–Crippen LogP) is 0.876. The number of nitrogens with two attached hydrogens (primary N) is 1. The number of aromatic hydroxyl groups is 1. The number of carboxylic acid groups (broad SMARTS) is 2. The van der Waals surface area contributed by atoms with Gasteiger partial charge in [0.15, 0.2) is 0 Å². The van der Waals surface area contributed by atoms with Gasteiger partial charge in [0.25, 0.3) is 0 Å². The van der Waals surface area contributed by atoms with E-state index in [4.69, 9.17) is 31.1 Å². The zero-order valence-corrected chi connectivity index (χ0v) is 38.3. The quantitative estimate of drug-likeness (QED) is 0.0250. The van der Waals surface area contributed by atoms with Crippen molar-refractivity contribution in [1.82, 2.24) is 26.6 Å². The van der Waals surface area contributed by atoms with Crippen LogP contribution in [0.2, 0.25) is 0 Å². The number of carbonyl (C=O) groups excluding carboxylic acids is 5. The lowest BCUT2D eigenvalue weighted by Gasteiger charge is -2.26. The third-order valence-corrected chi connectivity index (χ3v) is 10.1. The monoisotopic (exact) mass is 966 g/mol. The average molecular weight is 967 g/mol. The average Bonchev–Trinajstić information content (AvgIpc) is 3.34. The summed E-state index contributed by atoms with van der Waals surface area (Å²) in [6.07, 6.45) is 3.16. The van der Waals surface area contributed by atoms with Crippen molar-refractivity contribution in [3.8, 4) is 29.6 Å². The van der Waals surface area contributed by atoms with Crippen LogP contribution < -0.4 is 41.8 Å². The largest absolute Gasteiger partial charge is 0.508 e. The number of hydrogen-bond donors (Lipinski definition) is 9. The third kappa shape index (κ3) is 20.5. The van der Waals surface area contributed by atoms with Crippen LogP contribution in [0, 0.1) is 12.3 Å². The number of hydrogen-bond acceptors (Lipinski definition) is 13. The highest BCUT2D eigenvalue weighted by Gasteiger charge is 2.34. The molecule has 4 aromatic carbocycles. The lowest BCUT2D eigenvalue weighted by Crippen LogP contribution is -2.60. The SMILES string of the molecule is C#CCOc1ccc(OCCOCCOCCNC(=O)[C@H](CC(=O)O)NC(=O)[C@H](CC(=O)O)NC(=O)[C@H](Cc2ccccc2)NC(=O)[C@H](Cc2ccc(O)cc2)NC(=O)[C@@H](N)Cc2ccccc2)cc1. The number of ether oxygens (including phenoxy) is 4. The van der Waals surface area contributed by atoms with Gasteiger partial charge in [0.2, 0.25) is 29.5 Å². The molecule has 4 rings (SSSR count). The number of aliphatic carboxylic acids is 2. The minimum atomic E-state index is -1.86. The lowest BCUT2D eigenvalue weighted by atomic mass is 10.0. The Kier molecular flexibility index (Phi) is 23.2. The molecular weight excluding hydrogens is 909 g/mol. The highest BCUT2D eigenvalue weighted by molar-refractivity contribution is 5.98. The van der Waals surface area contributed by atoms with Crippen LogP contribution >= 0.6 is 0 Å². The van der Waals surface area contributed by atoms with E-state index in [9.17, 15) is 48.9 Å². The van der Waals surface area contributed by atoms with Crippen molar-refractivity contribution >= 4 is 41.5 Å². The minimum absolute atomic E-state index is 0.0143. The number of phenolic OH excluding ortho intramolecular Hbond substituents is 1. The second-order valence-electron chi connectivity index (χ2n) is 15.6. The fraction of sp³-hybridized carbons (Fsp3) is 0.340. The van der Waals surface area contributed by atoms with Crippen LogP contribution in [-0.4, -0.2) is 133 Å². The first-order chi connectivity index (χ1) is 33.7. The molecule has 0 spiro atoms. The molecule has 70 heavy (non-hydrogen) atoms. The molecule has 20 nitrogen and oxygen atoms in total. The van der Waals surface area contributed by atoms with Gasteiger partial charge in [0, 0.05) is 19.4 Å². The molecule has 0 saturated carbocycles. The van der Waals surface area contributed by atoms with Crippen LogP contribution in [0.3, 0.4) is 0 Å². The van der Waals surface area contributed by atoms with E-state index in [-0.39, 0.29) is 71.2 Å². The van der Waals surface area contributed by atoms with Gasteiger partial charge >= 0.3 is 11.9 Å². The number of benzene rings is 4. The summed E-state index contributed by atoms with van der Waals surface area (Å²) in [4.78, 5) is 92.2. The number of carbonyl (C=O) groups is 7. The maximum atomic E-state index is 14.1. The van der Waals surface area contributed by atoms with E-state index >= 15 is 0 Å².